The lowest BCUT2D eigenvalue weighted by atomic mass is 10.0. The Hall–Kier alpha value is -2.60. The largest absolute Gasteiger partial charge is 0.480 e. The van der Waals surface area contributed by atoms with Gasteiger partial charge in [0, 0.05) is 24.1 Å². The first-order valence-corrected chi connectivity index (χ1v) is 11.1. The molecule has 0 saturated carbocycles. The summed E-state index contributed by atoms with van der Waals surface area (Å²) in [4.78, 5) is 56.2. The summed E-state index contributed by atoms with van der Waals surface area (Å²) in [7, 11) is 0. The predicted octanol–water partition coefficient (Wildman–Crippen LogP) is -0.550. The highest BCUT2D eigenvalue weighted by Gasteiger charge is 2.31. The molecule has 0 saturated heterocycles. The minimum absolute atomic E-state index is 0.0197. The molecule has 1 rings (SSSR count). The van der Waals surface area contributed by atoms with Crippen molar-refractivity contribution in [3.63, 3.8) is 0 Å². The quantitative estimate of drug-likeness (QED) is 0.189. The first kappa shape index (κ1) is 27.4. The van der Waals surface area contributed by atoms with E-state index in [-0.39, 0.29) is 24.0 Å². The number of aromatic amines is 1. The van der Waals surface area contributed by atoms with E-state index in [2.05, 4.69) is 38.5 Å². The molecule has 11 nitrogen and oxygen atoms in total. The molecule has 0 bridgehead atoms. The van der Waals surface area contributed by atoms with Crippen molar-refractivity contribution in [1.29, 1.82) is 0 Å². The Bertz CT molecular complexity index is 771. The molecule has 4 unspecified atom stereocenters. The van der Waals surface area contributed by atoms with Crippen molar-refractivity contribution in [2.75, 3.05) is 5.75 Å². The van der Waals surface area contributed by atoms with Crippen molar-refractivity contribution in [1.82, 2.24) is 25.9 Å². The number of carboxylic acids is 1. The summed E-state index contributed by atoms with van der Waals surface area (Å²) in [5, 5.41) is 17.0. The number of aromatic nitrogens is 2. The summed E-state index contributed by atoms with van der Waals surface area (Å²) in [5.41, 5.74) is 6.44. The average Bonchev–Trinajstić information content (AvgIpc) is 3.21. The van der Waals surface area contributed by atoms with Gasteiger partial charge in [0.1, 0.15) is 18.1 Å². The van der Waals surface area contributed by atoms with Crippen molar-refractivity contribution in [2.45, 2.75) is 64.7 Å². The van der Waals surface area contributed by atoms with Gasteiger partial charge in [-0.2, -0.15) is 12.6 Å². The number of carbonyl (C=O) groups is 4. The van der Waals surface area contributed by atoms with Crippen LogP contribution in [-0.2, 0) is 25.6 Å². The van der Waals surface area contributed by atoms with Crippen molar-refractivity contribution >= 4 is 36.3 Å². The van der Waals surface area contributed by atoms with Crippen molar-refractivity contribution < 1.29 is 24.3 Å². The number of hydrogen-bond donors (Lipinski definition) is 7. The first-order valence-electron chi connectivity index (χ1n) is 10.4. The molecule has 0 aliphatic heterocycles. The summed E-state index contributed by atoms with van der Waals surface area (Å²) >= 11 is 4.13. The molecular formula is C20H34N6O5S. The fourth-order valence-electron chi connectivity index (χ4n) is 2.95. The van der Waals surface area contributed by atoms with Crippen LogP contribution in [0.3, 0.4) is 0 Å². The molecule has 32 heavy (non-hydrogen) atoms. The minimum Gasteiger partial charge on any atom is -0.480 e. The van der Waals surface area contributed by atoms with Crippen LogP contribution in [-0.4, -0.2) is 68.7 Å². The molecule has 0 aromatic carbocycles. The minimum atomic E-state index is -1.18. The number of amides is 3. The Labute approximate surface area is 193 Å². The second-order valence-corrected chi connectivity index (χ2v) is 8.76. The van der Waals surface area contributed by atoms with Crippen molar-refractivity contribution in [3.05, 3.63) is 18.2 Å². The second kappa shape index (κ2) is 13.1. The summed E-state index contributed by atoms with van der Waals surface area (Å²) in [6.07, 6.45) is 3.41. The third-order valence-corrected chi connectivity index (χ3v) is 5.09. The van der Waals surface area contributed by atoms with E-state index >= 15 is 0 Å². The van der Waals surface area contributed by atoms with E-state index in [0.717, 1.165) is 0 Å². The molecule has 0 radical (unpaired) electrons. The van der Waals surface area contributed by atoms with E-state index in [1.54, 1.807) is 13.8 Å². The topological polar surface area (TPSA) is 179 Å². The van der Waals surface area contributed by atoms with E-state index in [0.29, 0.717) is 12.1 Å². The Morgan fingerprint density at radius 1 is 1.06 bits per heavy atom. The highest BCUT2D eigenvalue weighted by molar-refractivity contribution is 7.80. The van der Waals surface area contributed by atoms with Crippen LogP contribution in [0.15, 0.2) is 12.5 Å². The van der Waals surface area contributed by atoms with Crippen LogP contribution in [0, 0.1) is 11.8 Å². The Morgan fingerprint density at radius 2 is 1.66 bits per heavy atom. The molecule has 0 fully saturated rings. The van der Waals surface area contributed by atoms with Crippen LogP contribution < -0.4 is 21.7 Å². The molecule has 180 valence electrons. The molecule has 0 aliphatic carbocycles. The van der Waals surface area contributed by atoms with Crippen molar-refractivity contribution in [3.8, 4) is 0 Å². The Kier molecular flexibility index (Phi) is 11.2. The highest BCUT2D eigenvalue weighted by Crippen LogP contribution is 2.06. The highest BCUT2D eigenvalue weighted by atomic mass is 32.1. The van der Waals surface area contributed by atoms with Gasteiger partial charge in [0.25, 0.3) is 0 Å². The smallest absolute Gasteiger partial charge is 0.326 e. The van der Waals surface area contributed by atoms with Crippen LogP contribution >= 0.6 is 12.6 Å². The van der Waals surface area contributed by atoms with Gasteiger partial charge in [-0.15, -0.1) is 0 Å². The number of nitrogens with zero attached hydrogens (tertiary/aromatic N) is 1. The number of hydrogen-bond acceptors (Lipinski definition) is 7. The fraction of sp³-hybridized carbons (Fsp3) is 0.650. The number of nitrogens with two attached hydrogens (primary N) is 1. The van der Waals surface area contributed by atoms with Gasteiger partial charge in [-0.3, -0.25) is 14.4 Å². The predicted molar refractivity (Wildman–Crippen MR) is 122 cm³/mol. The number of thiol groups is 1. The van der Waals surface area contributed by atoms with E-state index in [9.17, 15) is 24.3 Å². The molecule has 1 heterocycles. The van der Waals surface area contributed by atoms with Gasteiger partial charge in [-0.25, -0.2) is 9.78 Å². The van der Waals surface area contributed by atoms with Crippen LogP contribution in [0.2, 0.25) is 0 Å². The molecule has 12 heteroatoms. The standard InChI is InChI=1S/C20H34N6O5S/c1-10(2)5-13(21)17(27)25-15(8-32)19(29)24-14(6-12-7-22-9-23-12)18(28)26-16(11(3)4)20(30)31/h7,9-11,13-16,32H,5-6,8,21H2,1-4H3,(H,22,23)(H,24,29)(H,25,27)(H,26,28)(H,30,31). The molecule has 1 aromatic rings. The molecule has 4 atom stereocenters. The van der Waals surface area contributed by atoms with Crippen LogP contribution in [0.5, 0.6) is 0 Å². The van der Waals surface area contributed by atoms with Gasteiger partial charge in [0.05, 0.1) is 12.4 Å². The second-order valence-electron chi connectivity index (χ2n) is 8.39. The summed E-state index contributed by atoms with van der Waals surface area (Å²) in [6, 6.07) is -4.04. The third kappa shape index (κ3) is 8.87. The van der Waals surface area contributed by atoms with E-state index in [1.165, 1.54) is 12.5 Å². The lowest BCUT2D eigenvalue weighted by molar-refractivity contribution is -0.143. The van der Waals surface area contributed by atoms with Gasteiger partial charge >= 0.3 is 5.97 Å². The van der Waals surface area contributed by atoms with Crippen molar-refractivity contribution in [2.24, 2.45) is 17.6 Å². The van der Waals surface area contributed by atoms with Crippen LogP contribution in [0.25, 0.3) is 0 Å². The number of nitrogens with one attached hydrogen (secondary N) is 4. The zero-order chi connectivity index (χ0) is 24.4. The maximum Gasteiger partial charge on any atom is 0.326 e. The molecule has 7 N–H and O–H groups in total. The van der Waals surface area contributed by atoms with Crippen LogP contribution in [0.4, 0.5) is 0 Å². The van der Waals surface area contributed by atoms with E-state index in [4.69, 9.17) is 5.73 Å². The maximum atomic E-state index is 12.8. The molecular weight excluding hydrogens is 436 g/mol. The number of imidazole rings is 1. The van der Waals surface area contributed by atoms with Gasteiger partial charge in [-0.05, 0) is 18.3 Å². The SMILES string of the molecule is CC(C)CC(N)C(=O)NC(CS)C(=O)NC(Cc1cnc[nH]1)C(=O)NC(C(=O)O)C(C)C. The number of carbonyl (C=O) groups excluding carboxylic acids is 3. The zero-order valence-electron chi connectivity index (χ0n) is 18.8. The molecule has 0 spiro atoms. The number of carboxylic acid groups (broad SMARTS) is 1. The Morgan fingerprint density at radius 3 is 2.12 bits per heavy atom. The monoisotopic (exact) mass is 470 g/mol. The summed E-state index contributed by atoms with van der Waals surface area (Å²) in [5.74, 6) is -3.17. The van der Waals surface area contributed by atoms with E-state index in [1.807, 2.05) is 13.8 Å². The Balaban J connectivity index is 2.94. The van der Waals surface area contributed by atoms with Gasteiger partial charge in [0.15, 0.2) is 0 Å². The lowest BCUT2D eigenvalue weighted by Gasteiger charge is -2.25. The average molecular weight is 471 g/mol. The van der Waals surface area contributed by atoms with E-state index < -0.39 is 47.9 Å². The fourth-order valence-corrected chi connectivity index (χ4v) is 3.21. The molecule has 3 amide bonds. The summed E-state index contributed by atoms with van der Waals surface area (Å²) in [6.45, 7) is 7.18. The number of rotatable bonds is 13. The van der Waals surface area contributed by atoms with Gasteiger partial charge in [0.2, 0.25) is 17.7 Å². The lowest BCUT2D eigenvalue weighted by Crippen LogP contribution is -2.58. The maximum absolute atomic E-state index is 12.8. The zero-order valence-corrected chi connectivity index (χ0v) is 19.7. The summed E-state index contributed by atoms with van der Waals surface area (Å²) < 4.78 is 0. The van der Waals surface area contributed by atoms with Crippen LogP contribution in [0.1, 0.15) is 39.8 Å². The van der Waals surface area contributed by atoms with Gasteiger partial charge < -0.3 is 31.8 Å². The number of aliphatic carboxylic acids is 1. The first-order chi connectivity index (χ1) is 15.0. The normalized spacial score (nSPS) is 15.0. The van der Waals surface area contributed by atoms with Gasteiger partial charge in [-0.1, -0.05) is 27.7 Å². The molecule has 0 aliphatic rings. The third-order valence-electron chi connectivity index (χ3n) is 4.72. The molecule has 1 aromatic heterocycles. The number of H-pyrrole nitrogens is 1.